The fourth-order valence-corrected chi connectivity index (χ4v) is 2.41. The predicted molar refractivity (Wildman–Crippen MR) is 69.5 cm³/mol. The maximum Gasteiger partial charge on any atom is 0.340 e. The number of benzene rings is 1. The van der Waals surface area contributed by atoms with E-state index in [4.69, 9.17) is 14.2 Å². The van der Waals surface area contributed by atoms with E-state index in [0.717, 1.165) is 5.56 Å². The molecule has 0 N–H and O–H groups in total. The molecule has 0 bridgehead atoms. The van der Waals surface area contributed by atoms with Gasteiger partial charge >= 0.3 is 11.9 Å². The quantitative estimate of drug-likeness (QED) is 0.763. The highest BCUT2D eigenvalue weighted by atomic mass is 32.2. The molecule has 6 heteroatoms. The van der Waals surface area contributed by atoms with Gasteiger partial charge < -0.3 is 14.2 Å². The lowest BCUT2D eigenvalue weighted by Crippen LogP contribution is -2.22. The van der Waals surface area contributed by atoms with Gasteiger partial charge in [0.15, 0.2) is 11.5 Å². The van der Waals surface area contributed by atoms with Crippen LogP contribution in [-0.2, 0) is 23.8 Å². The number of rotatable bonds is 5. The number of ether oxygens (including phenoxy) is 3. The number of carbonyl (C=O) groups excluding carboxylic acids is 2. The molecule has 1 fully saturated rings. The SMILES string of the molecule is COC(C(=O)OCC1OC(=O)CS1)c1ccccc1. The minimum Gasteiger partial charge on any atom is -0.459 e. The molecule has 0 radical (unpaired) electrons. The molecule has 0 saturated carbocycles. The molecule has 0 spiro atoms. The van der Waals surface area contributed by atoms with E-state index in [1.165, 1.54) is 18.9 Å². The number of methoxy groups -OCH3 is 1. The average Bonchev–Trinajstić information content (AvgIpc) is 2.84. The van der Waals surface area contributed by atoms with Crippen molar-refractivity contribution in [2.75, 3.05) is 19.5 Å². The van der Waals surface area contributed by atoms with E-state index in [0.29, 0.717) is 5.75 Å². The molecule has 1 aromatic rings. The summed E-state index contributed by atoms with van der Waals surface area (Å²) >= 11 is 1.32. The zero-order valence-electron chi connectivity index (χ0n) is 10.4. The number of cyclic esters (lactones) is 1. The third-order valence-electron chi connectivity index (χ3n) is 2.56. The van der Waals surface area contributed by atoms with Gasteiger partial charge in [0.2, 0.25) is 0 Å². The van der Waals surface area contributed by atoms with Crippen molar-refractivity contribution in [2.24, 2.45) is 0 Å². The minimum atomic E-state index is -0.761. The Hall–Kier alpha value is -1.53. The van der Waals surface area contributed by atoms with Crippen LogP contribution in [0.1, 0.15) is 11.7 Å². The Morgan fingerprint density at radius 2 is 2.21 bits per heavy atom. The summed E-state index contributed by atoms with van der Waals surface area (Å²) in [6.45, 7) is 0.0436. The maximum atomic E-state index is 11.9. The zero-order valence-corrected chi connectivity index (χ0v) is 11.2. The summed E-state index contributed by atoms with van der Waals surface area (Å²) in [5.41, 5.74) is 0.316. The summed E-state index contributed by atoms with van der Waals surface area (Å²) in [6, 6.07) is 9.09. The van der Waals surface area contributed by atoms with Gasteiger partial charge in [-0.25, -0.2) is 4.79 Å². The highest BCUT2D eigenvalue weighted by molar-refractivity contribution is 8.00. The first-order valence-corrected chi connectivity index (χ1v) is 6.81. The molecular weight excluding hydrogens is 268 g/mol. The second-order valence-electron chi connectivity index (χ2n) is 3.89. The lowest BCUT2D eigenvalue weighted by atomic mass is 10.1. The van der Waals surface area contributed by atoms with Crippen molar-refractivity contribution in [2.45, 2.75) is 11.5 Å². The fraction of sp³-hybridized carbons (Fsp3) is 0.385. The molecule has 1 aliphatic rings. The van der Waals surface area contributed by atoms with E-state index in [9.17, 15) is 9.59 Å². The molecule has 2 unspecified atom stereocenters. The van der Waals surface area contributed by atoms with Crippen LogP contribution in [-0.4, -0.2) is 36.8 Å². The Morgan fingerprint density at radius 1 is 1.47 bits per heavy atom. The summed E-state index contributed by atoms with van der Waals surface area (Å²) in [7, 11) is 1.45. The van der Waals surface area contributed by atoms with Crippen molar-refractivity contribution < 1.29 is 23.8 Å². The normalized spacial score (nSPS) is 19.8. The monoisotopic (exact) mass is 282 g/mol. The Labute approximate surface area is 115 Å². The molecule has 19 heavy (non-hydrogen) atoms. The first kappa shape index (κ1) is 13.9. The van der Waals surface area contributed by atoms with Gasteiger partial charge in [-0.15, -0.1) is 11.8 Å². The lowest BCUT2D eigenvalue weighted by Gasteiger charge is -2.16. The topological polar surface area (TPSA) is 61.8 Å². The predicted octanol–water partition coefficient (Wildman–Crippen LogP) is 1.53. The van der Waals surface area contributed by atoms with Crippen LogP contribution in [0.25, 0.3) is 0 Å². The second-order valence-corrected chi connectivity index (χ2v) is 5.03. The van der Waals surface area contributed by atoms with Gasteiger partial charge in [-0.3, -0.25) is 4.79 Å². The molecule has 2 atom stereocenters. The van der Waals surface area contributed by atoms with Gasteiger partial charge in [0.1, 0.15) is 6.61 Å². The summed E-state index contributed by atoms with van der Waals surface area (Å²) in [4.78, 5) is 22.8. The molecular formula is C13H14O5S. The second kappa shape index (κ2) is 6.58. The maximum absolute atomic E-state index is 11.9. The van der Waals surface area contributed by atoms with E-state index in [1.807, 2.05) is 18.2 Å². The highest BCUT2D eigenvalue weighted by Gasteiger charge is 2.27. The molecule has 0 amide bonds. The Morgan fingerprint density at radius 3 is 2.79 bits per heavy atom. The van der Waals surface area contributed by atoms with Gasteiger partial charge in [0, 0.05) is 7.11 Å². The molecule has 1 aromatic carbocycles. The van der Waals surface area contributed by atoms with Crippen LogP contribution in [0.5, 0.6) is 0 Å². The molecule has 0 aliphatic carbocycles. The first-order valence-electron chi connectivity index (χ1n) is 5.76. The molecule has 1 heterocycles. The van der Waals surface area contributed by atoms with Crippen LogP contribution in [0.2, 0.25) is 0 Å². The standard InChI is InChI=1S/C13H14O5S/c1-16-12(9-5-3-2-4-6-9)13(15)17-7-11-18-10(14)8-19-11/h2-6,11-12H,7-8H2,1H3. The highest BCUT2D eigenvalue weighted by Crippen LogP contribution is 2.23. The van der Waals surface area contributed by atoms with Crippen molar-refractivity contribution in [3.63, 3.8) is 0 Å². The van der Waals surface area contributed by atoms with Gasteiger partial charge in [-0.1, -0.05) is 30.3 Å². The Balaban J connectivity index is 1.89. The van der Waals surface area contributed by atoms with Gasteiger partial charge in [-0.05, 0) is 5.56 Å². The van der Waals surface area contributed by atoms with Crippen LogP contribution in [0.15, 0.2) is 30.3 Å². The molecule has 102 valence electrons. The Kier molecular flexibility index (Phi) is 4.81. The summed E-state index contributed by atoms with van der Waals surface area (Å²) in [6.07, 6.45) is -0.761. The molecule has 1 saturated heterocycles. The Bertz CT molecular complexity index is 448. The zero-order chi connectivity index (χ0) is 13.7. The van der Waals surface area contributed by atoms with Gasteiger partial charge in [0.05, 0.1) is 5.75 Å². The van der Waals surface area contributed by atoms with Crippen LogP contribution < -0.4 is 0 Å². The fourth-order valence-electron chi connectivity index (χ4n) is 1.68. The van der Waals surface area contributed by atoms with E-state index in [1.54, 1.807) is 12.1 Å². The molecule has 0 aromatic heterocycles. The van der Waals surface area contributed by atoms with Crippen molar-refractivity contribution in [1.82, 2.24) is 0 Å². The van der Waals surface area contributed by atoms with E-state index < -0.39 is 17.5 Å². The third-order valence-corrected chi connectivity index (χ3v) is 3.57. The van der Waals surface area contributed by atoms with Crippen LogP contribution >= 0.6 is 11.8 Å². The number of carbonyl (C=O) groups is 2. The summed E-state index contributed by atoms with van der Waals surface area (Å²) in [5, 5.41) is 0. The average molecular weight is 282 g/mol. The van der Waals surface area contributed by atoms with Crippen LogP contribution in [0, 0.1) is 0 Å². The van der Waals surface area contributed by atoms with Gasteiger partial charge in [0.25, 0.3) is 0 Å². The number of esters is 2. The largest absolute Gasteiger partial charge is 0.459 e. The number of hydrogen-bond donors (Lipinski definition) is 0. The minimum absolute atomic E-state index is 0.0436. The van der Waals surface area contributed by atoms with E-state index in [-0.39, 0.29) is 12.6 Å². The first-order chi connectivity index (χ1) is 9.20. The molecule has 1 aliphatic heterocycles. The number of hydrogen-bond acceptors (Lipinski definition) is 6. The van der Waals surface area contributed by atoms with Crippen molar-refractivity contribution in [3.8, 4) is 0 Å². The third kappa shape index (κ3) is 3.71. The van der Waals surface area contributed by atoms with E-state index in [2.05, 4.69) is 0 Å². The van der Waals surface area contributed by atoms with Crippen molar-refractivity contribution >= 4 is 23.7 Å². The number of thioether (sulfide) groups is 1. The van der Waals surface area contributed by atoms with Crippen molar-refractivity contribution in [1.29, 1.82) is 0 Å². The van der Waals surface area contributed by atoms with Crippen LogP contribution in [0.3, 0.4) is 0 Å². The van der Waals surface area contributed by atoms with Crippen molar-refractivity contribution in [3.05, 3.63) is 35.9 Å². The lowest BCUT2D eigenvalue weighted by molar-refractivity contribution is -0.160. The molecule has 5 nitrogen and oxygen atoms in total. The van der Waals surface area contributed by atoms with Gasteiger partial charge in [-0.2, -0.15) is 0 Å². The van der Waals surface area contributed by atoms with Crippen LogP contribution in [0.4, 0.5) is 0 Å². The molecule has 2 rings (SSSR count). The smallest absolute Gasteiger partial charge is 0.340 e. The summed E-state index contributed by atoms with van der Waals surface area (Å²) in [5.74, 6) is -0.469. The van der Waals surface area contributed by atoms with E-state index >= 15 is 0 Å². The summed E-state index contributed by atoms with van der Waals surface area (Å²) < 4.78 is 15.2.